The van der Waals surface area contributed by atoms with Gasteiger partial charge in [-0.1, -0.05) is 49.4 Å². The van der Waals surface area contributed by atoms with Crippen LogP contribution >= 0.6 is 0 Å². The number of rotatable bonds is 6. The maximum atomic E-state index is 13.7. The molecule has 0 bridgehead atoms. The van der Waals surface area contributed by atoms with Gasteiger partial charge in [-0.25, -0.2) is 4.98 Å². The van der Waals surface area contributed by atoms with Crippen molar-refractivity contribution in [1.82, 2.24) is 14.8 Å². The Bertz CT molecular complexity index is 1230. The van der Waals surface area contributed by atoms with Gasteiger partial charge in [-0.3, -0.25) is 9.59 Å². The zero-order valence-electron chi connectivity index (χ0n) is 21.2. The Kier molecular flexibility index (Phi) is 7.70. The van der Waals surface area contributed by atoms with Gasteiger partial charge in [0.05, 0.1) is 19.2 Å². The first kappa shape index (κ1) is 25.4. The SMILES string of the molecule is Cc1ccccc1-c1cnc2c(c1)C(=O)N([C@H](C)CO)C[C@H](C)[C@@H](CN(C)C(=O)c1ccccc1)O2. The minimum atomic E-state index is -0.403. The minimum Gasteiger partial charge on any atom is -0.472 e. The Labute approximate surface area is 212 Å². The highest BCUT2D eigenvalue weighted by molar-refractivity contribution is 5.98. The Balaban J connectivity index is 1.70. The lowest BCUT2D eigenvalue weighted by Crippen LogP contribution is -2.50. The minimum absolute atomic E-state index is 0.104. The number of nitrogens with zero attached hydrogens (tertiary/aromatic N) is 3. The van der Waals surface area contributed by atoms with Gasteiger partial charge in [0.25, 0.3) is 11.8 Å². The summed E-state index contributed by atoms with van der Waals surface area (Å²) in [5.74, 6) is -0.203. The zero-order valence-corrected chi connectivity index (χ0v) is 21.2. The molecule has 0 saturated heterocycles. The number of ether oxygens (including phenoxy) is 1. The lowest BCUT2D eigenvalue weighted by Gasteiger charge is -2.37. The van der Waals surface area contributed by atoms with Crippen molar-refractivity contribution in [2.75, 3.05) is 26.7 Å². The first-order valence-electron chi connectivity index (χ1n) is 12.2. The van der Waals surface area contributed by atoms with Crippen LogP contribution in [0.4, 0.5) is 0 Å². The van der Waals surface area contributed by atoms with Gasteiger partial charge in [-0.05, 0) is 43.2 Å². The van der Waals surface area contributed by atoms with Crippen LogP contribution in [0.3, 0.4) is 0 Å². The molecule has 0 fully saturated rings. The molecular formula is C29H33N3O4. The molecule has 0 saturated carbocycles. The summed E-state index contributed by atoms with van der Waals surface area (Å²) in [6.45, 7) is 6.38. The molecule has 3 atom stereocenters. The van der Waals surface area contributed by atoms with Crippen molar-refractivity contribution < 1.29 is 19.4 Å². The summed E-state index contributed by atoms with van der Waals surface area (Å²) in [5, 5.41) is 9.89. The topological polar surface area (TPSA) is 83.0 Å². The highest BCUT2D eigenvalue weighted by atomic mass is 16.5. The number of aryl methyl sites for hydroxylation is 1. The molecule has 36 heavy (non-hydrogen) atoms. The van der Waals surface area contributed by atoms with Gasteiger partial charge in [0, 0.05) is 36.8 Å². The molecule has 0 spiro atoms. The lowest BCUT2D eigenvalue weighted by molar-refractivity contribution is 0.0313. The predicted octanol–water partition coefficient (Wildman–Crippen LogP) is 4.05. The molecule has 7 nitrogen and oxygen atoms in total. The van der Waals surface area contributed by atoms with Gasteiger partial charge < -0.3 is 19.6 Å². The molecule has 7 heteroatoms. The molecule has 3 aromatic rings. The van der Waals surface area contributed by atoms with Crippen molar-refractivity contribution in [3.8, 4) is 17.0 Å². The largest absolute Gasteiger partial charge is 0.472 e. The third-order valence-corrected chi connectivity index (χ3v) is 6.80. The molecular weight excluding hydrogens is 454 g/mol. The van der Waals surface area contributed by atoms with Crippen molar-refractivity contribution in [3.05, 3.63) is 83.6 Å². The standard InChI is InChI=1S/C29H33N3O4/c1-19-10-8-9-13-24(19)23-14-25-27(30-15-23)36-26(20(2)16-32(29(25)35)21(3)18-33)17-31(4)28(34)22-11-6-5-7-12-22/h5-15,20-21,26,33H,16-18H2,1-4H3/t20-,21+,26+/m0/s1. The number of aliphatic hydroxyl groups is 1. The molecule has 2 aromatic carbocycles. The van der Waals surface area contributed by atoms with E-state index in [1.165, 1.54) is 0 Å². The number of fused-ring (bicyclic) bond motifs is 1. The van der Waals surface area contributed by atoms with Crippen molar-refractivity contribution in [1.29, 1.82) is 0 Å². The monoisotopic (exact) mass is 487 g/mol. The molecule has 1 N–H and O–H groups in total. The number of aliphatic hydroxyl groups excluding tert-OH is 1. The number of hydrogen-bond donors (Lipinski definition) is 1. The predicted molar refractivity (Wildman–Crippen MR) is 139 cm³/mol. The Morgan fingerprint density at radius 3 is 2.56 bits per heavy atom. The molecule has 1 aliphatic heterocycles. The fraction of sp³-hybridized carbons (Fsp3) is 0.345. The Hall–Kier alpha value is -3.71. The number of carbonyl (C=O) groups is 2. The van der Waals surface area contributed by atoms with Gasteiger partial charge >= 0.3 is 0 Å². The fourth-order valence-electron chi connectivity index (χ4n) is 4.52. The normalized spacial score (nSPS) is 18.5. The van der Waals surface area contributed by atoms with Crippen LogP contribution < -0.4 is 4.74 Å². The summed E-state index contributed by atoms with van der Waals surface area (Å²) >= 11 is 0. The number of benzene rings is 2. The quantitative estimate of drug-likeness (QED) is 0.567. The second kappa shape index (κ2) is 10.9. The summed E-state index contributed by atoms with van der Waals surface area (Å²) in [7, 11) is 1.75. The third kappa shape index (κ3) is 5.26. The number of carbonyl (C=O) groups excluding carboxylic acids is 2. The second-order valence-corrected chi connectivity index (χ2v) is 9.57. The van der Waals surface area contributed by atoms with Crippen LogP contribution in [0, 0.1) is 12.8 Å². The van der Waals surface area contributed by atoms with E-state index in [2.05, 4.69) is 4.98 Å². The second-order valence-electron chi connectivity index (χ2n) is 9.57. The summed E-state index contributed by atoms with van der Waals surface area (Å²) in [6.07, 6.45) is 1.32. The maximum Gasteiger partial charge on any atom is 0.259 e. The number of amides is 2. The van der Waals surface area contributed by atoms with E-state index >= 15 is 0 Å². The van der Waals surface area contributed by atoms with Crippen LogP contribution in [0.25, 0.3) is 11.1 Å². The molecule has 1 aromatic heterocycles. The summed E-state index contributed by atoms with van der Waals surface area (Å²) in [5.41, 5.74) is 3.84. The fourth-order valence-corrected chi connectivity index (χ4v) is 4.52. The number of aromatic nitrogens is 1. The van der Waals surface area contributed by atoms with Gasteiger partial charge in [0.15, 0.2) is 0 Å². The summed E-state index contributed by atoms with van der Waals surface area (Å²) < 4.78 is 6.34. The van der Waals surface area contributed by atoms with Crippen LogP contribution in [0.1, 0.15) is 40.1 Å². The summed E-state index contributed by atoms with van der Waals surface area (Å²) in [4.78, 5) is 34.5. The molecule has 2 heterocycles. The molecule has 2 amide bonds. The lowest BCUT2D eigenvalue weighted by atomic mass is 9.98. The highest BCUT2D eigenvalue weighted by Gasteiger charge is 2.35. The molecule has 0 unspecified atom stereocenters. The van der Waals surface area contributed by atoms with Crippen molar-refractivity contribution in [3.63, 3.8) is 0 Å². The van der Waals surface area contributed by atoms with E-state index in [0.717, 1.165) is 16.7 Å². The van der Waals surface area contributed by atoms with E-state index in [-0.39, 0.29) is 36.3 Å². The smallest absolute Gasteiger partial charge is 0.259 e. The molecule has 188 valence electrons. The number of hydrogen-bond acceptors (Lipinski definition) is 5. The highest BCUT2D eigenvalue weighted by Crippen LogP contribution is 2.31. The Morgan fingerprint density at radius 2 is 1.86 bits per heavy atom. The van der Waals surface area contributed by atoms with E-state index in [1.54, 1.807) is 35.2 Å². The van der Waals surface area contributed by atoms with E-state index in [0.29, 0.717) is 24.2 Å². The maximum absolute atomic E-state index is 13.7. The van der Waals surface area contributed by atoms with Gasteiger partial charge in [-0.15, -0.1) is 0 Å². The van der Waals surface area contributed by atoms with E-state index in [4.69, 9.17) is 4.74 Å². The molecule has 4 rings (SSSR count). The van der Waals surface area contributed by atoms with Gasteiger partial charge in [0.1, 0.15) is 11.7 Å². The molecule has 0 aliphatic carbocycles. The van der Waals surface area contributed by atoms with Crippen LogP contribution in [-0.4, -0.2) is 70.6 Å². The zero-order chi connectivity index (χ0) is 25.8. The van der Waals surface area contributed by atoms with Crippen molar-refractivity contribution >= 4 is 11.8 Å². The van der Waals surface area contributed by atoms with Crippen LogP contribution in [-0.2, 0) is 0 Å². The van der Waals surface area contributed by atoms with Crippen molar-refractivity contribution in [2.24, 2.45) is 5.92 Å². The van der Waals surface area contributed by atoms with E-state index in [1.807, 2.05) is 69.3 Å². The third-order valence-electron chi connectivity index (χ3n) is 6.80. The number of pyridine rings is 1. The summed E-state index contributed by atoms with van der Waals surface area (Å²) in [6, 6.07) is 18.5. The van der Waals surface area contributed by atoms with E-state index in [9.17, 15) is 14.7 Å². The van der Waals surface area contributed by atoms with Crippen molar-refractivity contribution in [2.45, 2.75) is 32.9 Å². The van der Waals surface area contributed by atoms with Crippen LogP contribution in [0.2, 0.25) is 0 Å². The van der Waals surface area contributed by atoms with Crippen LogP contribution in [0.15, 0.2) is 66.9 Å². The number of likely N-dealkylation sites (N-methyl/N-ethyl adjacent to an activating group) is 1. The van der Waals surface area contributed by atoms with Gasteiger partial charge in [-0.2, -0.15) is 0 Å². The average molecular weight is 488 g/mol. The van der Waals surface area contributed by atoms with E-state index < -0.39 is 6.10 Å². The first-order valence-corrected chi connectivity index (χ1v) is 12.2. The average Bonchev–Trinajstić information content (AvgIpc) is 2.90. The van der Waals surface area contributed by atoms with Gasteiger partial charge in [0.2, 0.25) is 5.88 Å². The molecule has 1 aliphatic rings. The van der Waals surface area contributed by atoms with Crippen LogP contribution in [0.5, 0.6) is 5.88 Å². The first-order chi connectivity index (χ1) is 17.3. The molecule has 0 radical (unpaired) electrons. The Morgan fingerprint density at radius 1 is 1.17 bits per heavy atom.